The van der Waals surface area contributed by atoms with Crippen LogP contribution < -0.4 is 10.6 Å². The summed E-state index contributed by atoms with van der Waals surface area (Å²) in [6, 6.07) is 22.7. The van der Waals surface area contributed by atoms with Crippen molar-refractivity contribution in [2.45, 2.75) is 46.6 Å². The number of aromatic nitrogens is 2. The van der Waals surface area contributed by atoms with Gasteiger partial charge in [0.1, 0.15) is 0 Å². The molecule has 0 atom stereocenters. The number of carbonyl (C=O) groups excluding carboxylic acids is 1. The van der Waals surface area contributed by atoms with E-state index >= 15 is 0 Å². The van der Waals surface area contributed by atoms with E-state index in [0.717, 1.165) is 42.1 Å². The zero-order valence-corrected chi connectivity index (χ0v) is 20.9. The second kappa shape index (κ2) is 9.06. The fourth-order valence-electron chi connectivity index (χ4n) is 5.23. The van der Waals surface area contributed by atoms with Gasteiger partial charge >= 0.3 is 0 Å². The Morgan fingerprint density at radius 2 is 1.63 bits per heavy atom. The number of para-hydroxylation sites is 2. The van der Waals surface area contributed by atoms with E-state index < -0.39 is 5.91 Å². The average Bonchev–Trinajstić information content (AvgIpc) is 3.22. The van der Waals surface area contributed by atoms with Crippen molar-refractivity contribution in [1.29, 1.82) is 0 Å². The first-order valence-corrected chi connectivity index (χ1v) is 12.3. The summed E-state index contributed by atoms with van der Waals surface area (Å²) in [6.07, 6.45) is 0.881. The van der Waals surface area contributed by atoms with Crippen LogP contribution in [0, 0.1) is 13.8 Å². The molecule has 2 heterocycles. The van der Waals surface area contributed by atoms with Crippen LogP contribution >= 0.6 is 0 Å². The van der Waals surface area contributed by atoms with Crippen LogP contribution in [0.3, 0.4) is 0 Å². The van der Waals surface area contributed by atoms with Crippen LogP contribution in [0.4, 0.5) is 5.69 Å². The SMILES string of the molecule is Cc1cccc(C)c1-n1nc2c(c1-c1ccc(C(N)=O)cc1)CN(c1ccccc1C(C)C)CC2. The van der Waals surface area contributed by atoms with Gasteiger partial charge in [-0.2, -0.15) is 5.10 Å². The van der Waals surface area contributed by atoms with Crippen LogP contribution in [0.15, 0.2) is 66.7 Å². The van der Waals surface area contributed by atoms with Crippen molar-refractivity contribution >= 4 is 11.6 Å². The summed E-state index contributed by atoms with van der Waals surface area (Å²) < 4.78 is 2.12. The first-order valence-electron chi connectivity index (χ1n) is 12.3. The third-order valence-corrected chi connectivity index (χ3v) is 7.03. The van der Waals surface area contributed by atoms with Crippen LogP contribution in [0.1, 0.15) is 58.1 Å². The van der Waals surface area contributed by atoms with Gasteiger partial charge < -0.3 is 10.6 Å². The Balaban J connectivity index is 1.68. The lowest BCUT2D eigenvalue weighted by Crippen LogP contribution is -2.31. The lowest BCUT2D eigenvalue weighted by atomic mass is 9.96. The number of rotatable bonds is 5. The van der Waals surface area contributed by atoms with E-state index in [-0.39, 0.29) is 0 Å². The standard InChI is InChI=1S/C30H32N4O/c1-19(2)24-10-5-6-11-27(24)33-17-16-26-25(18-33)29(22-12-14-23(15-13-22)30(31)35)34(32-26)28-20(3)8-7-9-21(28)4/h5-15,19H,16-18H2,1-4H3,(H2,31,35). The Morgan fingerprint density at radius 3 is 2.29 bits per heavy atom. The predicted octanol–water partition coefficient (Wildman–Crippen LogP) is 5.94. The second-order valence-electron chi connectivity index (χ2n) is 9.75. The molecular formula is C30H32N4O. The highest BCUT2D eigenvalue weighted by atomic mass is 16.1. The van der Waals surface area contributed by atoms with Crippen molar-refractivity contribution in [2.24, 2.45) is 5.73 Å². The maximum atomic E-state index is 11.7. The summed E-state index contributed by atoms with van der Waals surface area (Å²) in [6.45, 7) is 10.5. The summed E-state index contributed by atoms with van der Waals surface area (Å²) in [7, 11) is 0. The van der Waals surface area contributed by atoms with E-state index in [1.54, 1.807) is 12.1 Å². The van der Waals surface area contributed by atoms with Crippen LogP contribution in [0.2, 0.25) is 0 Å². The molecule has 0 saturated carbocycles. The molecule has 0 bridgehead atoms. The lowest BCUT2D eigenvalue weighted by Gasteiger charge is -2.31. The van der Waals surface area contributed by atoms with Gasteiger partial charge in [-0.05, 0) is 54.7 Å². The number of nitrogens with two attached hydrogens (primary N) is 1. The highest BCUT2D eigenvalue weighted by Gasteiger charge is 2.28. The van der Waals surface area contributed by atoms with Crippen molar-refractivity contribution in [3.63, 3.8) is 0 Å². The van der Waals surface area contributed by atoms with Crippen molar-refractivity contribution in [1.82, 2.24) is 9.78 Å². The molecule has 1 aliphatic rings. The van der Waals surface area contributed by atoms with E-state index in [1.807, 2.05) is 12.1 Å². The number of amides is 1. The topological polar surface area (TPSA) is 64.2 Å². The molecule has 0 radical (unpaired) electrons. The molecule has 0 unspecified atom stereocenters. The second-order valence-corrected chi connectivity index (χ2v) is 9.75. The monoisotopic (exact) mass is 464 g/mol. The van der Waals surface area contributed by atoms with E-state index in [0.29, 0.717) is 11.5 Å². The van der Waals surface area contributed by atoms with E-state index in [2.05, 4.69) is 79.7 Å². The molecule has 0 aliphatic carbocycles. The number of hydrogen-bond donors (Lipinski definition) is 1. The molecule has 0 spiro atoms. The number of aryl methyl sites for hydroxylation is 2. The Morgan fingerprint density at radius 1 is 0.943 bits per heavy atom. The molecule has 5 heteroatoms. The number of fused-ring (bicyclic) bond motifs is 1. The molecule has 2 N–H and O–H groups in total. The van der Waals surface area contributed by atoms with E-state index in [9.17, 15) is 4.79 Å². The molecule has 4 aromatic rings. The molecule has 1 aromatic heterocycles. The summed E-state index contributed by atoms with van der Waals surface area (Å²) in [5, 5.41) is 5.16. The summed E-state index contributed by atoms with van der Waals surface area (Å²) in [4.78, 5) is 14.2. The smallest absolute Gasteiger partial charge is 0.248 e. The molecule has 0 fully saturated rings. The van der Waals surface area contributed by atoms with Gasteiger partial charge in [0.25, 0.3) is 0 Å². The normalized spacial score (nSPS) is 13.2. The number of anilines is 1. The number of carbonyl (C=O) groups is 1. The molecule has 5 nitrogen and oxygen atoms in total. The van der Waals surface area contributed by atoms with Gasteiger partial charge in [0, 0.05) is 41.9 Å². The van der Waals surface area contributed by atoms with E-state index in [1.165, 1.54) is 27.9 Å². The third kappa shape index (κ3) is 4.12. The molecule has 1 amide bonds. The predicted molar refractivity (Wildman–Crippen MR) is 142 cm³/mol. The minimum atomic E-state index is -0.418. The van der Waals surface area contributed by atoms with E-state index in [4.69, 9.17) is 10.8 Å². The molecule has 0 saturated heterocycles. The number of primary amides is 1. The number of nitrogens with zero attached hydrogens (tertiary/aromatic N) is 3. The molecule has 178 valence electrons. The Labute approximate surface area is 207 Å². The minimum absolute atomic E-state index is 0.418. The van der Waals surface area contributed by atoms with Gasteiger partial charge in [-0.3, -0.25) is 4.79 Å². The average molecular weight is 465 g/mol. The quantitative estimate of drug-likeness (QED) is 0.397. The minimum Gasteiger partial charge on any atom is -0.366 e. The third-order valence-electron chi connectivity index (χ3n) is 7.03. The Kier molecular flexibility index (Phi) is 5.93. The Hall–Kier alpha value is -3.86. The highest BCUT2D eigenvalue weighted by Crippen LogP contribution is 2.37. The molecular weight excluding hydrogens is 432 g/mol. The van der Waals surface area contributed by atoms with Crippen LogP contribution in [0.25, 0.3) is 16.9 Å². The molecule has 1 aliphatic heterocycles. The van der Waals surface area contributed by atoms with Crippen molar-refractivity contribution in [2.75, 3.05) is 11.4 Å². The van der Waals surface area contributed by atoms with Crippen molar-refractivity contribution in [3.8, 4) is 16.9 Å². The zero-order valence-electron chi connectivity index (χ0n) is 20.9. The highest BCUT2D eigenvalue weighted by molar-refractivity contribution is 5.93. The summed E-state index contributed by atoms with van der Waals surface area (Å²) in [5.74, 6) is 0.0315. The molecule has 3 aromatic carbocycles. The molecule has 5 rings (SSSR count). The summed E-state index contributed by atoms with van der Waals surface area (Å²) in [5.41, 5.74) is 16.7. The largest absolute Gasteiger partial charge is 0.366 e. The number of benzene rings is 3. The summed E-state index contributed by atoms with van der Waals surface area (Å²) >= 11 is 0. The van der Waals surface area contributed by atoms with Gasteiger partial charge in [-0.25, -0.2) is 4.68 Å². The van der Waals surface area contributed by atoms with Crippen molar-refractivity contribution < 1.29 is 4.79 Å². The lowest BCUT2D eigenvalue weighted by molar-refractivity contribution is 0.100. The fraction of sp³-hybridized carbons (Fsp3) is 0.267. The maximum Gasteiger partial charge on any atom is 0.248 e. The van der Waals surface area contributed by atoms with Crippen LogP contribution in [-0.4, -0.2) is 22.2 Å². The van der Waals surface area contributed by atoms with Crippen LogP contribution in [0.5, 0.6) is 0 Å². The van der Waals surface area contributed by atoms with Gasteiger partial charge in [-0.15, -0.1) is 0 Å². The first kappa shape index (κ1) is 22.9. The first-order chi connectivity index (χ1) is 16.8. The Bertz CT molecular complexity index is 1380. The van der Waals surface area contributed by atoms with Gasteiger partial charge in [0.2, 0.25) is 5.91 Å². The maximum absolute atomic E-state index is 11.7. The fourth-order valence-corrected chi connectivity index (χ4v) is 5.23. The number of hydrogen-bond acceptors (Lipinski definition) is 3. The molecule has 35 heavy (non-hydrogen) atoms. The van der Waals surface area contributed by atoms with Gasteiger partial charge in [0.15, 0.2) is 0 Å². The van der Waals surface area contributed by atoms with Crippen LogP contribution in [-0.2, 0) is 13.0 Å². The van der Waals surface area contributed by atoms with Crippen molar-refractivity contribution in [3.05, 3.63) is 100 Å². The van der Waals surface area contributed by atoms with Gasteiger partial charge in [-0.1, -0.05) is 62.4 Å². The zero-order chi connectivity index (χ0) is 24.7. The van der Waals surface area contributed by atoms with Gasteiger partial charge in [0.05, 0.1) is 17.1 Å².